The number of aliphatic hydroxyl groups excluding tert-OH is 1. The third kappa shape index (κ3) is 1.92. The van der Waals surface area contributed by atoms with E-state index in [2.05, 4.69) is 4.98 Å². The van der Waals surface area contributed by atoms with Crippen LogP contribution in [0, 0.1) is 0 Å². The van der Waals surface area contributed by atoms with E-state index in [1.54, 1.807) is 0 Å². The molecule has 15 heavy (non-hydrogen) atoms. The van der Waals surface area contributed by atoms with Gasteiger partial charge in [-0.3, -0.25) is 9.59 Å². The summed E-state index contributed by atoms with van der Waals surface area (Å²) in [5.74, 6) is -0.312. The number of amides is 1. The first-order chi connectivity index (χ1) is 7.18. The molecule has 0 bridgehead atoms. The Hall–Kier alpha value is -1.62. The average Bonchev–Trinajstić information content (AvgIpc) is 2.65. The third-order valence-electron chi connectivity index (χ3n) is 2.51. The summed E-state index contributed by atoms with van der Waals surface area (Å²) in [6, 6.07) is 1.32. The minimum absolute atomic E-state index is 0.131. The monoisotopic (exact) mass is 208 g/mol. The predicted octanol–water partition coefficient (Wildman–Crippen LogP) is -0.418. The smallest absolute Gasteiger partial charge is 0.259 e. The van der Waals surface area contributed by atoms with E-state index < -0.39 is 6.10 Å². The Morgan fingerprint density at radius 1 is 1.60 bits per heavy atom. The largest absolute Gasteiger partial charge is 0.391 e. The summed E-state index contributed by atoms with van der Waals surface area (Å²) in [5.41, 5.74) is -0.160. The number of pyridine rings is 1. The van der Waals surface area contributed by atoms with Gasteiger partial charge in [0.2, 0.25) is 0 Å². The van der Waals surface area contributed by atoms with Gasteiger partial charge in [0.25, 0.3) is 5.91 Å². The van der Waals surface area contributed by atoms with Gasteiger partial charge < -0.3 is 15.0 Å². The van der Waals surface area contributed by atoms with Gasteiger partial charge in [0, 0.05) is 31.5 Å². The zero-order chi connectivity index (χ0) is 10.8. The Morgan fingerprint density at radius 2 is 2.40 bits per heavy atom. The number of H-pyrrole nitrogens is 1. The molecule has 0 aliphatic carbocycles. The normalized spacial score (nSPS) is 20.6. The van der Waals surface area contributed by atoms with E-state index in [0.717, 1.165) is 0 Å². The molecule has 1 aliphatic heterocycles. The summed E-state index contributed by atoms with van der Waals surface area (Å²) in [5, 5.41) is 9.28. The van der Waals surface area contributed by atoms with Gasteiger partial charge in [-0.05, 0) is 6.42 Å². The number of aromatic amines is 1. The standard InChI is InChI=1S/C10H12N2O3/c13-7-2-4-12(6-7)10(15)8-5-11-3-1-9(8)14/h1,3,5,7,13H,2,4,6H2,(H,11,14). The van der Waals surface area contributed by atoms with Crippen molar-refractivity contribution in [2.45, 2.75) is 12.5 Å². The lowest BCUT2D eigenvalue weighted by molar-refractivity contribution is 0.0763. The van der Waals surface area contributed by atoms with E-state index in [1.807, 2.05) is 0 Å². The van der Waals surface area contributed by atoms with Crippen LogP contribution in [0.5, 0.6) is 0 Å². The number of likely N-dealkylation sites (tertiary alicyclic amines) is 1. The second-order valence-electron chi connectivity index (χ2n) is 3.62. The average molecular weight is 208 g/mol. The number of carbonyl (C=O) groups is 1. The fourth-order valence-electron chi connectivity index (χ4n) is 1.68. The van der Waals surface area contributed by atoms with Gasteiger partial charge >= 0.3 is 0 Å². The molecule has 2 rings (SSSR count). The molecule has 1 aromatic rings. The van der Waals surface area contributed by atoms with E-state index in [-0.39, 0.29) is 16.9 Å². The maximum atomic E-state index is 11.8. The first kappa shape index (κ1) is 9.92. The highest BCUT2D eigenvalue weighted by Crippen LogP contribution is 2.11. The molecule has 0 radical (unpaired) electrons. The van der Waals surface area contributed by atoms with Crippen LogP contribution >= 0.6 is 0 Å². The van der Waals surface area contributed by atoms with Crippen LogP contribution in [0.15, 0.2) is 23.3 Å². The lowest BCUT2D eigenvalue weighted by Gasteiger charge is -2.14. The zero-order valence-corrected chi connectivity index (χ0v) is 8.14. The lowest BCUT2D eigenvalue weighted by atomic mass is 10.2. The SMILES string of the molecule is O=C(c1c[nH]ccc1=O)N1CCC(O)C1. The number of aliphatic hydroxyl groups is 1. The van der Waals surface area contributed by atoms with Crippen LogP contribution in [-0.4, -0.2) is 40.1 Å². The van der Waals surface area contributed by atoms with E-state index in [9.17, 15) is 14.7 Å². The molecule has 0 aromatic carbocycles. The van der Waals surface area contributed by atoms with Gasteiger partial charge in [-0.25, -0.2) is 0 Å². The van der Waals surface area contributed by atoms with Crippen LogP contribution in [0.2, 0.25) is 0 Å². The first-order valence-electron chi connectivity index (χ1n) is 4.83. The van der Waals surface area contributed by atoms with Crippen LogP contribution in [0.3, 0.4) is 0 Å². The first-order valence-corrected chi connectivity index (χ1v) is 4.83. The number of aromatic nitrogens is 1. The van der Waals surface area contributed by atoms with Gasteiger partial charge in [0.05, 0.1) is 6.10 Å². The Balaban J connectivity index is 2.22. The predicted molar refractivity (Wildman–Crippen MR) is 53.6 cm³/mol. The molecule has 1 unspecified atom stereocenters. The quantitative estimate of drug-likeness (QED) is 0.658. The molecule has 5 nitrogen and oxygen atoms in total. The Bertz CT molecular complexity index is 427. The summed E-state index contributed by atoms with van der Waals surface area (Å²) >= 11 is 0. The molecule has 0 saturated carbocycles. The highest BCUT2D eigenvalue weighted by atomic mass is 16.3. The molecule has 1 atom stereocenters. The maximum absolute atomic E-state index is 11.8. The van der Waals surface area contributed by atoms with Crippen LogP contribution in [-0.2, 0) is 0 Å². The minimum Gasteiger partial charge on any atom is -0.391 e. The van der Waals surface area contributed by atoms with Crippen molar-refractivity contribution in [3.63, 3.8) is 0 Å². The summed E-state index contributed by atoms with van der Waals surface area (Å²) < 4.78 is 0. The Morgan fingerprint density at radius 3 is 3.00 bits per heavy atom. The molecule has 1 aliphatic rings. The van der Waals surface area contributed by atoms with Crippen molar-refractivity contribution in [1.82, 2.24) is 9.88 Å². The number of β-amino-alcohol motifs (C(OH)–C–C–N with tert-alkyl or cyclic N) is 1. The summed E-state index contributed by atoms with van der Waals surface area (Å²) in [6.07, 6.45) is 3.00. The number of rotatable bonds is 1. The highest BCUT2D eigenvalue weighted by Gasteiger charge is 2.26. The topological polar surface area (TPSA) is 73.4 Å². The zero-order valence-electron chi connectivity index (χ0n) is 8.14. The Labute approximate surface area is 86.3 Å². The maximum Gasteiger partial charge on any atom is 0.259 e. The molecular weight excluding hydrogens is 196 g/mol. The van der Waals surface area contributed by atoms with Gasteiger partial charge in [-0.15, -0.1) is 0 Å². The summed E-state index contributed by atoms with van der Waals surface area (Å²) in [6.45, 7) is 0.821. The number of hydrogen-bond acceptors (Lipinski definition) is 3. The van der Waals surface area contributed by atoms with Crippen molar-refractivity contribution in [2.75, 3.05) is 13.1 Å². The van der Waals surface area contributed by atoms with Crippen molar-refractivity contribution in [2.24, 2.45) is 0 Å². The van der Waals surface area contributed by atoms with Gasteiger partial charge in [0.15, 0.2) is 5.43 Å². The number of nitrogens with one attached hydrogen (secondary N) is 1. The van der Waals surface area contributed by atoms with Crippen molar-refractivity contribution in [3.8, 4) is 0 Å². The molecule has 5 heteroatoms. The highest BCUT2D eigenvalue weighted by molar-refractivity contribution is 5.93. The summed E-state index contributed by atoms with van der Waals surface area (Å²) in [7, 11) is 0. The fourth-order valence-corrected chi connectivity index (χ4v) is 1.68. The van der Waals surface area contributed by atoms with E-state index in [0.29, 0.717) is 19.5 Å². The number of nitrogens with zero attached hydrogens (tertiary/aromatic N) is 1. The number of carbonyl (C=O) groups excluding carboxylic acids is 1. The van der Waals surface area contributed by atoms with Gasteiger partial charge in [-0.2, -0.15) is 0 Å². The van der Waals surface area contributed by atoms with Crippen molar-refractivity contribution in [1.29, 1.82) is 0 Å². The molecule has 80 valence electrons. The second kappa shape index (κ2) is 3.86. The molecule has 1 aromatic heterocycles. The molecule has 0 spiro atoms. The van der Waals surface area contributed by atoms with E-state index in [4.69, 9.17) is 0 Å². The molecule has 1 amide bonds. The van der Waals surface area contributed by atoms with Crippen molar-refractivity contribution in [3.05, 3.63) is 34.2 Å². The molecule has 1 saturated heterocycles. The van der Waals surface area contributed by atoms with Gasteiger partial charge in [0.1, 0.15) is 5.56 Å². The second-order valence-corrected chi connectivity index (χ2v) is 3.62. The van der Waals surface area contributed by atoms with Crippen LogP contribution in [0.25, 0.3) is 0 Å². The van der Waals surface area contributed by atoms with E-state index in [1.165, 1.54) is 23.4 Å². The van der Waals surface area contributed by atoms with Crippen LogP contribution < -0.4 is 5.43 Å². The molecular formula is C10H12N2O3. The minimum atomic E-state index is -0.461. The molecule has 1 fully saturated rings. The van der Waals surface area contributed by atoms with Crippen molar-refractivity contribution < 1.29 is 9.90 Å². The summed E-state index contributed by atoms with van der Waals surface area (Å²) in [4.78, 5) is 27.4. The molecule has 2 heterocycles. The van der Waals surface area contributed by atoms with Gasteiger partial charge in [-0.1, -0.05) is 0 Å². The van der Waals surface area contributed by atoms with Crippen LogP contribution in [0.4, 0.5) is 0 Å². The Kier molecular flexibility index (Phi) is 2.55. The van der Waals surface area contributed by atoms with Crippen LogP contribution in [0.1, 0.15) is 16.8 Å². The fraction of sp³-hybridized carbons (Fsp3) is 0.400. The third-order valence-corrected chi connectivity index (χ3v) is 2.51. The number of hydrogen-bond donors (Lipinski definition) is 2. The van der Waals surface area contributed by atoms with Crippen molar-refractivity contribution >= 4 is 5.91 Å². The lowest BCUT2D eigenvalue weighted by Crippen LogP contribution is -2.32. The molecule has 2 N–H and O–H groups in total. The van der Waals surface area contributed by atoms with E-state index >= 15 is 0 Å².